The van der Waals surface area contributed by atoms with Gasteiger partial charge in [0.25, 0.3) is 5.56 Å². The lowest BCUT2D eigenvalue weighted by Gasteiger charge is -2.11. The van der Waals surface area contributed by atoms with E-state index in [9.17, 15) is 10.1 Å². The molecular weight excluding hydrogens is 250 g/mol. The number of aromatic amines is 1. The number of aromatic nitrogens is 1. The highest BCUT2D eigenvalue weighted by Crippen LogP contribution is 2.26. The van der Waals surface area contributed by atoms with E-state index in [1.54, 1.807) is 0 Å². The number of para-hydroxylation sites is 2. The second-order valence-corrected chi connectivity index (χ2v) is 4.35. The average Bonchev–Trinajstić information content (AvgIpc) is 2.48. The minimum absolute atomic E-state index is 0.0903. The van der Waals surface area contributed by atoms with Gasteiger partial charge in [0.05, 0.1) is 11.2 Å². The van der Waals surface area contributed by atoms with Crippen molar-refractivity contribution in [3.8, 4) is 6.07 Å². The van der Waals surface area contributed by atoms with E-state index in [1.165, 1.54) is 0 Å². The zero-order valence-electron chi connectivity index (χ0n) is 10.6. The van der Waals surface area contributed by atoms with E-state index < -0.39 is 0 Å². The summed E-state index contributed by atoms with van der Waals surface area (Å²) in [7, 11) is 0. The van der Waals surface area contributed by atoms with Crippen LogP contribution in [0.3, 0.4) is 0 Å². The number of nitrogens with one attached hydrogen (secondary N) is 2. The van der Waals surface area contributed by atoms with Crippen molar-refractivity contribution < 1.29 is 0 Å². The summed E-state index contributed by atoms with van der Waals surface area (Å²) in [5.41, 5.74) is 1.78. The molecule has 0 aliphatic rings. The summed E-state index contributed by atoms with van der Waals surface area (Å²) in [4.78, 5) is 14.7. The number of H-pyrrole nitrogens is 1. The molecule has 4 heteroatoms. The van der Waals surface area contributed by atoms with Crippen LogP contribution in [0.4, 0.5) is 11.4 Å². The monoisotopic (exact) mass is 261 g/mol. The van der Waals surface area contributed by atoms with Gasteiger partial charge >= 0.3 is 0 Å². The first kappa shape index (κ1) is 12.0. The fourth-order valence-corrected chi connectivity index (χ4v) is 2.15. The fraction of sp³-hybridized carbons (Fsp3) is 0. The number of hydrogen-bond acceptors (Lipinski definition) is 3. The van der Waals surface area contributed by atoms with Crippen LogP contribution in [-0.4, -0.2) is 4.98 Å². The summed E-state index contributed by atoms with van der Waals surface area (Å²) in [5, 5.41) is 13.2. The van der Waals surface area contributed by atoms with Gasteiger partial charge in [-0.15, -0.1) is 0 Å². The first-order chi connectivity index (χ1) is 9.79. The minimum atomic E-state index is -0.385. The molecule has 0 aliphatic carbocycles. The largest absolute Gasteiger partial charge is 0.354 e. The number of pyridine rings is 1. The lowest BCUT2D eigenvalue weighted by molar-refractivity contribution is 1.27. The highest BCUT2D eigenvalue weighted by Gasteiger charge is 2.12. The molecule has 96 valence electrons. The molecule has 2 N–H and O–H groups in total. The quantitative estimate of drug-likeness (QED) is 0.744. The van der Waals surface area contributed by atoms with Crippen LogP contribution in [0.5, 0.6) is 0 Å². The third kappa shape index (κ3) is 2.02. The van der Waals surface area contributed by atoms with Crippen molar-refractivity contribution in [3.63, 3.8) is 0 Å². The maximum absolute atomic E-state index is 12.0. The Morgan fingerprint density at radius 1 is 1.00 bits per heavy atom. The van der Waals surface area contributed by atoms with Crippen LogP contribution in [-0.2, 0) is 0 Å². The van der Waals surface area contributed by atoms with Crippen molar-refractivity contribution in [2.24, 2.45) is 0 Å². The van der Waals surface area contributed by atoms with E-state index in [0.29, 0.717) is 11.2 Å². The smallest absolute Gasteiger partial charge is 0.268 e. The van der Waals surface area contributed by atoms with Crippen molar-refractivity contribution in [1.29, 1.82) is 5.26 Å². The number of fused-ring (bicyclic) bond motifs is 1. The van der Waals surface area contributed by atoms with Gasteiger partial charge in [0.15, 0.2) is 0 Å². The van der Waals surface area contributed by atoms with Crippen molar-refractivity contribution >= 4 is 22.3 Å². The Balaban J connectivity index is 2.27. The Hall–Kier alpha value is -3.06. The molecule has 0 amide bonds. The molecule has 0 fully saturated rings. The van der Waals surface area contributed by atoms with E-state index in [2.05, 4.69) is 10.3 Å². The normalized spacial score (nSPS) is 10.2. The number of anilines is 2. The van der Waals surface area contributed by atoms with Gasteiger partial charge in [-0.3, -0.25) is 4.79 Å². The highest BCUT2D eigenvalue weighted by atomic mass is 16.1. The molecule has 0 radical (unpaired) electrons. The average molecular weight is 261 g/mol. The summed E-state index contributed by atoms with van der Waals surface area (Å²) in [6.07, 6.45) is 0. The van der Waals surface area contributed by atoms with Crippen LogP contribution in [0.2, 0.25) is 0 Å². The molecule has 0 bridgehead atoms. The minimum Gasteiger partial charge on any atom is -0.354 e. The van der Waals surface area contributed by atoms with Gasteiger partial charge < -0.3 is 10.3 Å². The lowest BCUT2D eigenvalue weighted by atomic mass is 10.1. The molecule has 2 aromatic carbocycles. The van der Waals surface area contributed by atoms with Gasteiger partial charge in [0.2, 0.25) is 0 Å². The third-order valence-electron chi connectivity index (χ3n) is 3.08. The first-order valence-corrected chi connectivity index (χ1v) is 6.17. The van der Waals surface area contributed by atoms with Gasteiger partial charge in [-0.25, -0.2) is 0 Å². The van der Waals surface area contributed by atoms with Gasteiger partial charge in [0, 0.05) is 11.1 Å². The van der Waals surface area contributed by atoms with Crippen molar-refractivity contribution in [1.82, 2.24) is 4.98 Å². The van der Waals surface area contributed by atoms with Crippen molar-refractivity contribution in [3.05, 3.63) is 70.5 Å². The van der Waals surface area contributed by atoms with Crippen molar-refractivity contribution in [2.45, 2.75) is 0 Å². The van der Waals surface area contributed by atoms with Crippen LogP contribution in [0.1, 0.15) is 5.56 Å². The van der Waals surface area contributed by atoms with E-state index in [0.717, 1.165) is 11.1 Å². The summed E-state index contributed by atoms with van der Waals surface area (Å²) >= 11 is 0. The molecule has 0 spiro atoms. The molecule has 20 heavy (non-hydrogen) atoms. The molecule has 0 unspecified atom stereocenters. The molecule has 1 heterocycles. The van der Waals surface area contributed by atoms with E-state index >= 15 is 0 Å². The van der Waals surface area contributed by atoms with Gasteiger partial charge in [-0.1, -0.05) is 36.4 Å². The highest BCUT2D eigenvalue weighted by molar-refractivity contribution is 5.95. The predicted octanol–water partition coefficient (Wildman–Crippen LogP) is 3.14. The molecule has 4 nitrogen and oxygen atoms in total. The Morgan fingerprint density at radius 3 is 2.45 bits per heavy atom. The van der Waals surface area contributed by atoms with E-state index in [4.69, 9.17) is 0 Å². The lowest BCUT2D eigenvalue weighted by Crippen LogP contribution is -2.13. The van der Waals surface area contributed by atoms with Crippen LogP contribution in [0.15, 0.2) is 59.4 Å². The number of rotatable bonds is 2. The summed E-state index contributed by atoms with van der Waals surface area (Å²) in [6, 6.07) is 18.8. The van der Waals surface area contributed by atoms with E-state index in [-0.39, 0.29) is 11.1 Å². The Bertz CT molecular complexity index is 860. The zero-order valence-corrected chi connectivity index (χ0v) is 10.6. The summed E-state index contributed by atoms with van der Waals surface area (Å²) in [5.74, 6) is 0. The Kier molecular flexibility index (Phi) is 2.94. The molecule has 1 aromatic heterocycles. The number of hydrogen-bond donors (Lipinski definition) is 2. The van der Waals surface area contributed by atoms with Crippen LogP contribution >= 0.6 is 0 Å². The number of nitrogens with zero attached hydrogens (tertiary/aromatic N) is 1. The summed E-state index contributed by atoms with van der Waals surface area (Å²) < 4.78 is 0. The number of benzene rings is 2. The second-order valence-electron chi connectivity index (χ2n) is 4.35. The molecule has 3 aromatic rings. The predicted molar refractivity (Wildman–Crippen MR) is 79.0 cm³/mol. The first-order valence-electron chi connectivity index (χ1n) is 6.17. The topological polar surface area (TPSA) is 68.7 Å². The standard InChI is InChI=1S/C16H11N3O/c17-10-13-15(18-11-6-2-1-3-7-11)12-8-4-5-9-14(12)19-16(13)20/h1-9H,(H2,18,19,20). The Morgan fingerprint density at radius 2 is 1.70 bits per heavy atom. The molecule has 0 atom stereocenters. The van der Waals surface area contributed by atoms with Crippen LogP contribution in [0, 0.1) is 11.3 Å². The maximum Gasteiger partial charge on any atom is 0.268 e. The number of nitriles is 1. The van der Waals surface area contributed by atoms with Gasteiger partial charge in [-0.2, -0.15) is 5.26 Å². The fourth-order valence-electron chi connectivity index (χ4n) is 2.15. The van der Waals surface area contributed by atoms with Gasteiger partial charge in [-0.05, 0) is 18.2 Å². The third-order valence-corrected chi connectivity index (χ3v) is 3.08. The maximum atomic E-state index is 12.0. The Labute approximate surface area is 115 Å². The summed E-state index contributed by atoms with van der Waals surface area (Å²) in [6.45, 7) is 0. The molecule has 3 rings (SSSR count). The molecule has 0 saturated heterocycles. The SMILES string of the molecule is N#Cc1c(Nc2ccccc2)c2ccccc2[nH]c1=O. The second kappa shape index (κ2) is 4.90. The zero-order chi connectivity index (χ0) is 13.9. The van der Waals surface area contributed by atoms with Crippen LogP contribution < -0.4 is 10.9 Å². The molecule has 0 saturated carbocycles. The van der Waals surface area contributed by atoms with Crippen molar-refractivity contribution in [2.75, 3.05) is 5.32 Å². The van der Waals surface area contributed by atoms with E-state index in [1.807, 2.05) is 60.7 Å². The van der Waals surface area contributed by atoms with Crippen LogP contribution in [0.25, 0.3) is 10.9 Å². The van der Waals surface area contributed by atoms with Gasteiger partial charge in [0.1, 0.15) is 11.6 Å². The molecule has 0 aliphatic heterocycles. The molecular formula is C16H11N3O.